The number of amides is 1. The van der Waals surface area contributed by atoms with E-state index in [4.69, 9.17) is 9.47 Å². The van der Waals surface area contributed by atoms with Gasteiger partial charge in [0.15, 0.2) is 0 Å². The van der Waals surface area contributed by atoms with Crippen LogP contribution in [0.4, 0.5) is 5.69 Å². The van der Waals surface area contributed by atoms with Gasteiger partial charge in [-0.15, -0.1) is 0 Å². The highest BCUT2D eigenvalue weighted by Gasteiger charge is 2.13. The molecule has 0 fully saturated rings. The average Bonchev–Trinajstić information content (AvgIpc) is 2.79. The molecule has 0 unspecified atom stereocenters. The zero-order chi connectivity index (χ0) is 21.8. The molecule has 0 saturated heterocycles. The van der Waals surface area contributed by atoms with Crippen LogP contribution in [0, 0.1) is 0 Å². The summed E-state index contributed by atoms with van der Waals surface area (Å²) in [6.45, 7) is 3.16. The first-order chi connectivity index (χ1) is 15.1. The van der Waals surface area contributed by atoms with Gasteiger partial charge in [0.05, 0.1) is 6.42 Å². The van der Waals surface area contributed by atoms with Crippen molar-refractivity contribution < 1.29 is 23.9 Å². The Morgan fingerprint density at radius 2 is 1.45 bits per heavy atom. The summed E-state index contributed by atoms with van der Waals surface area (Å²) in [5.74, 6) is -1.38. The van der Waals surface area contributed by atoms with Crippen molar-refractivity contribution in [3.63, 3.8) is 0 Å². The number of esters is 2. The van der Waals surface area contributed by atoms with Crippen molar-refractivity contribution in [2.75, 3.05) is 18.5 Å². The summed E-state index contributed by atoms with van der Waals surface area (Å²) in [6, 6.07) is 18.3. The topological polar surface area (TPSA) is 81.7 Å². The number of benzene rings is 4. The summed E-state index contributed by atoms with van der Waals surface area (Å²) in [6.07, 6.45) is 0.964. The van der Waals surface area contributed by atoms with Crippen LogP contribution in [-0.4, -0.2) is 31.1 Å². The minimum Gasteiger partial charge on any atom is -0.462 e. The fraction of sp³-hybridized carbons (Fsp3) is 0.160. The number of ether oxygens (including phenoxy) is 2. The van der Waals surface area contributed by atoms with Gasteiger partial charge in [0.1, 0.15) is 13.2 Å². The van der Waals surface area contributed by atoms with Crippen LogP contribution in [0.25, 0.3) is 32.3 Å². The Hall–Kier alpha value is -3.93. The van der Waals surface area contributed by atoms with Gasteiger partial charge in [0.2, 0.25) is 5.91 Å². The second-order valence-corrected chi connectivity index (χ2v) is 7.11. The first-order valence-corrected chi connectivity index (χ1v) is 9.98. The monoisotopic (exact) mass is 415 g/mol. The molecule has 4 aromatic rings. The summed E-state index contributed by atoms with van der Waals surface area (Å²) >= 11 is 0. The van der Waals surface area contributed by atoms with E-state index in [1.54, 1.807) is 0 Å². The van der Waals surface area contributed by atoms with E-state index in [-0.39, 0.29) is 32.0 Å². The minimum absolute atomic E-state index is 0.00669. The highest BCUT2D eigenvalue weighted by atomic mass is 16.6. The van der Waals surface area contributed by atoms with Crippen LogP contribution >= 0.6 is 0 Å². The van der Waals surface area contributed by atoms with Gasteiger partial charge in [0, 0.05) is 23.6 Å². The number of carbonyl (C=O) groups excluding carboxylic acids is 3. The summed E-state index contributed by atoms with van der Waals surface area (Å²) < 4.78 is 9.68. The minimum atomic E-state index is -0.580. The van der Waals surface area contributed by atoms with Gasteiger partial charge in [-0.25, -0.2) is 4.79 Å². The fourth-order valence-electron chi connectivity index (χ4n) is 3.70. The van der Waals surface area contributed by atoms with E-state index >= 15 is 0 Å². The van der Waals surface area contributed by atoms with Crippen molar-refractivity contribution in [2.45, 2.75) is 12.8 Å². The van der Waals surface area contributed by atoms with Crippen LogP contribution in [0.5, 0.6) is 0 Å². The molecular formula is C25H21NO5. The van der Waals surface area contributed by atoms with E-state index < -0.39 is 11.9 Å². The van der Waals surface area contributed by atoms with Gasteiger partial charge in [0.25, 0.3) is 0 Å². The maximum atomic E-state index is 12.4. The molecular weight excluding hydrogens is 394 g/mol. The molecule has 4 aromatic carbocycles. The number of rotatable bonds is 8. The maximum Gasteiger partial charge on any atom is 0.330 e. The van der Waals surface area contributed by atoms with Gasteiger partial charge < -0.3 is 14.8 Å². The molecule has 0 aliphatic carbocycles. The standard InChI is InChI=1S/C25H21NO5/c1-2-22(28)30-14-15-31-23(29)13-12-21(27)26-20-11-9-18-7-6-16-4-3-5-17-8-10-19(20)25(18)24(16)17/h2-11H,1,12-15H2,(H,26,27). The van der Waals surface area contributed by atoms with Crippen molar-refractivity contribution in [1.82, 2.24) is 0 Å². The van der Waals surface area contributed by atoms with E-state index in [1.165, 1.54) is 5.39 Å². The lowest BCUT2D eigenvalue weighted by molar-refractivity contribution is -0.150. The van der Waals surface area contributed by atoms with Gasteiger partial charge in [-0.05, 0) is 33.0 Å². The number of hydrogen-bond donors (Lipinski definition) is 1. The third kappa shape index (κ3) is 4.33. The molecule has 0 aliphatic rings. The number of carbonyl (C=O) groups is 3. The van der Waals surface area contributed by atoms with Crippen LogP contribution in [0.15, 0.2) is 67.3 Å². The van der Waals surface area contributed by atoms with Crippen LogP contribution in [0.3, 0.4) is 0 Å². The Labute approximate surface area is 178 Å². The number of anilines is 1. The SMILES string of the molecule is C=CC(=O)OCCOC(=O)CCC(=O)Nc1ccc2ccc3cccc4ccc1c2c34. The average molecular weight is 415 g/mol. The van der Waals surface area contributed by atoms with E-state index in [1.807, 2.05) is 24.3 Å². The lowest BCUT2D eigenvalue weighted by Gasteiger charge is -2.14. The third-order valence-electron chi connectivity index (χ3n) is 5.12. The van der Waals surface area contributed by atoms with E-state index in [9.17, 15) is 14.4 Å². The predicted octanol–water partition coefficient (Wildman–Crippen LogP) is 4.58. The second kappa shape index (κ2) is 8.83. The van der Waals surface area contributed by atoms with Crippen molar-refractivity contribution in [1.29, 1.82) is 0 Å². The summed E-state index contributed by atoms with van der Waals surface area (Å²) in [5, 5.41) is 9.58. The molecule has 6 nitrogen and oxygen atoms in total. The third-order valence-corrected chi connectivity index (χ3v) is 5.12. The molecule has 4 rings (SSSR count). The molecule has 6 heteroatoms. The molecule has 156 valence electrons. The Kier molecular flexibility index (Phi) is 5.80. The van der Waals surface area contributed by atoms with Crippen molar-refractivity contribution >= 4 is 55.9 Å². The van der Waals surface area contributed by atoms with Gasteiger partial charge >= 0.3 is 11.9 Å². The Bertz CT molecular complexity index is 1280. The predicted molar refractivity (Wildman–Crippen MR) is 120 cm³/mol. The summed E-state index contributed by atoms with van der Waals surface area (Å²) in [7, 11) is 0. The smallest absolute Gasteiger partial charge is 0.330 e. The molecule has 1 N–H and O–H groups in total. The Morgan fingerprint density at radius 3 is 2.19 bits per heavy atom. The lowest BCUT2D eigenvalue weighted by Crippen LogP contribution is -2.16. The fourth-order valence-corrected chi connectivity index (χ4v) is 3.70. The second-order valence-electron chi connectivity index (χ2n) is 7.11. The first kappa shape index (κ1) is 20.3. The molecule has 31 heavy (non-hydrogen) atoms. The first-order valence-electron chi connectivity index (χ1n) is 9.98. The molecule has 0 radical (unpaired) electrons. The van der Waals surface area contributed by atoms with Crippen LogP contribution in [0.1, 0.15) is 12.8 Å². The molecule has 0 aromatic heterocycles. The zero-order valence-corrected chi connectivity index (χ0v) is 16.9. The summed E-state index contributed by atoms with van der Waals surface area (Å²) in [5.41, 5.74) is 0.709. The molecule has 0 spiro atoms. The van der Waals surface area contributed by atoms with Crippen LogP contribution in [0.2, 0.25) is 0 Å². The molecule has 1 amide bonds. The van der Waals surface area contributed by atoms with Crippen molar-refractivity contribution in [3.05, 3.63) is 67.3 Å². The zero-order valence-electron chi connectivity index (χ0n) is 16.9. The van der Waals surface area contributed by atoms with Crippen LogP contribution in [-0.2, 0) is 23.9 Å². The molecule has 0 atom stereocenters. The van der Waals surface area contributed by atoms with E-state index in [2.05, 4.69) is 42.2 Å². The molecule has 0 saturated carbocycles. The summed E-state index contributed by atoms with van der Waals surface area (Å²) in [4.78, 5) is 35.1. The maximum absolute atomic E-state index is 12.4. The van der Waals surface area contributed by atoms with E-state index in [0.29, 0.717) is 5.69 Å². The Morgan fingerprint density at radius 1 is 0.806 bits per heavy atom. The van der Waals surface area contributed by atoms with Gasteiger partial charge in [-0.3, -0.25) is 9.59 Å². The van der Waals surface area contributed by atoms with Crippen LogP contribution < -0.4 is 5.32 Å². The number of nitrogens with one attached hydrogen (secondary N) is 1. The molecule has 0 bridgehead atoms. The molecule has 0 aliphatic heterocycles. The van der Waals surface area contributed by atoms with Gasteiger partial charge in [-0.2, -0.15) is 0 Å². The quantitative estimate of drug-likeness (QED) is 0.197. The van der Waals surface area contributed by atoms with Crippen molar-refractivity contribution in [3.8, 4) is 0 Å². The van der Waals surface area contributed by atoms with Gasteiger partial charge in [-0.1, -0.05) is 55.1 Å². The number of hydrogen-bond acceptors (Lipinski definition) is 5. The highest BCUT2D eigenvalue weighted by molar-refractivity contribution is 6.25. The molecule has 0 heterocycles. The highest BCUT2D eigenvalue weighted by Crippen LogP contribution is 2.37. The largest absolute Gasteiger partial charge is 0.462 e. The normalized spacial score (nSPS) is 11.0. The van der Waals surface area contributed by atoms with Crippen molar-refractivity contribution in [2.24, 2.45) is 0 Å². The Balaban J connectivity index is 1.41. The van der Waals surface area contributed by atoms with E-state index in [0.717, 1.165) is 33.0 Å². The lowest BCUT2D eigenvalue weighted by atomic mass is 9.93.